The molecule has 0 atom stereocenters. The number of nitrogens with zero attached hydrogens (tertiary/aromatic N) is 3. The van der Waals surface area contributed by atoms with Crippen LogP contribution in [0.3, 0.4) is 0 Å². The fraction of sp³-hybridized carbons (Fsp3) is 0.800. The van der Waals surface area contributed by atoms with Crippen LogP contribution in [-0.2, 0) is 4.52 Å². The Labute approximate surface area is 95.1 Å². The first-order valence-electron chi connectivity index (χ1n) is 4.96. The van der Waals surface area contributed by atoms with Crippen molar-refractivity contribution in [1.29, 1.82) is 0 Å². The molecule has 0 fully saturated rings. The summed E-state index contributed by atoms with van der Waals surface area (Å²) in [4.78, 5) is 0. The van der Waals surface area contributed by atoms with E-state index < -0.39 is 7.94 Å². The molecular weight excluding hydrogens is 209 g/mol. The maximum Gasteiger partial charge on any atom is 0.369 e. The van der Waals surface area contributed by atoms with E-state index in [-0.39, 0.29) is 0 Å². The lowest BCUT2D eigenvalue weighted by Gasteiger charge is -2.37. The zero-order valence-corrected chi connectivity index (χ0v) is 12.0. The molecule has 0 aliphatic heterocycles. The molecule has 0 aliphatic carbocycles. The molecule has 5 heteroatoms. The van der Waals surface area contributed by atoms with Crippen molar-refractivity contribution in [3.8, 4) is 0 Å². The van der Waals surface area contributed by atoms with Crippen LogP contribution in [0.25, 0.3) is 0 Å². The van der Waals surface area contributed by atoms with Crippen LogP contribution in [-0.4, -0.2) is 62.9 Å². The summed E-state index contributed by atoms with van der Waals surface area (Å²) in [6, 6.07) is 0. The molecule has 4 nitrogen and oxygen atoms in total. The van der Waals surface area contributed by atoms with Crippen LogP contribution in [0.5, 0.6) is 0 Å². The molecule has 0 aromatic heterocycles. The van der Waals surface area contributed by atoms with Crippen molar-refractivity contribution >= 4 is 7.94 Å². The Morgan fingerprint density at radius 3 is 1.53 bits per heavy atom. The molecule has 0 saturated heterocycles. The second-order valence-corrected chi connectivity index (χ2v) is 7.97. The van der Waals surface area contributed by atoms with Crippen LogP contribution in [0.2, 0.25) is 0 Å². The van der Waals surface area contributed by atoms with E-state index >= 15 is 0 Å². The third kappa shape index (κ3) is 3.51. The van der Waals surface area contributed by atoms with Gasteiger partial charge in [-0.1, -0.05) is 12.2 Å². The molecule has 0 rings (SSSR count). The lowest BCUT2D eigenvalue weighted by Crippen LogP contribution is -2.37. The minimum Gasteiger partial charge on any atom is -0.177 e. The summed E-state index contributed by atoms with van der Waals surface area (Å²) in [5.41, 5.74) is 1.05. The van der Waals surface area contributed by atoms with Gasteiger partial charge in [-0.3, -0.25) is 0 Å². The van der Waals surface area contributed by atoms with Crippen molar-refractivity contribution < 1.29 is 4.52 Å². The lowest BCUT2D eigenvalue weighted by molar-refractivity contribution is 0.259. The summed E-state index contributed by atoms with van der Waals surface area (Å²) in [5.74, 6) is 0. The van der Waals surface area contributed by atoms with Crippen LogP contribution in [0.4, 0.5) is 0 Å². The first kappa shape index (κ1) is 15.0. The Morgan fingerprint density at radius 1 is 1.00 bits per heavy atom. The van der Waals surface area contributed by atoms with E-state index in [1.807, 2.05) is 49.2 Å². The summed E-state index contributed by atoms with van der Waals surface area (Å²) in [6.07, 6.45) is 0. The topological polar surface area (TPSA) is 19.0 Å². The van der Waals surface area contributed by atoms with Crippen LogP contribution in [0, 0.1) is 0 Å². The van der Waals surface area contributed by atoms with Gasteiger partial charge in [0.1, 0.15) is 6.61 Å². The molecule has 90 valence electrons. The molecule has 0 N–H and O–H groups in total. The van der Waals surface area contributed by atoms with Crippen LogP contribution >= 0.6 is 7.94 Å². The molecule has 0 amide bonds. The van der Waals surface area contributed by atoms with Gasteiger partial charge in [-0.05, 0) is 6.92 Å². The first-order chi connectivity index (χ1) is 6.75. The monoisotopic (exact) mass is 234 g/mol. The average molecular weight is 234 g/mol. The van der Waals surface area contributed by atoms with Gasteiger partial charge in [0.2, 0.25) is 0 Å². The highest BCUT2D eigenvalue weighted by Crippen LogP contribution is 2.64. The molecule has 0 heterocycles. The van der Waals surface area contributed by atoms with Gasteiger partial charge in [-0.15, -0.1) is 14.0 Å². The van der Waals surface area contributed by atoms with E-state index in [1.54, 1.807) is 0 Å². The van der Waals surface area contributed by atoms with E-state index in [9.17, 15) is 0 Å². The Hall–Kier alpha value is 0.0100. The lowest BCUT2D eigenvalue weighted by atomic mass is 10.4. The predicted molar refractivity (Wildman–Crippen MR) is 68.7 cm³/mol. The van der Waals surface area contributed by atoms with E-state index in [1.165, 1.54) is 0 Å². The highest BCUT2D eigenvalue weighted by Gasteiger charge is 2.50. The van der Waals surface area contributed by atoms with Gasteiger partial charge in [0.25, 0.3) is 0 Å². The third-order valence-electron chi connectivity index (χ3n) is 2.05. The third-order valence-corrected chi connectivity index (χ3v) is 5.65. The minimum absolute atomic E-state index is 0.600. The summed E-state index contributed by atoms with van der Waals surface area (Å²) >= 11 is 0. The Morgan fingerprint density at radius 2 is 1.33 bits per heavy atom. The molecule has 0 bridgehead atoms. The highest BCUT2D eigenvalue weighted by atomic mass is 31.2. The molecular formula is C10H25N3OP+. The second kappa shape index (κ2) is 5.92. The van der Waals surface area contributed by atoms with Crippen LogP contribution in [0.1, 0.15) is 6.92 Å². The summed E-state index contributed by atoms with van der Waals surface area (Å²) in [7, 11) is 10.5. The van der Waals surface area contributed by atoms with E-state index in [2.05, 4.69) is 20.6 Å². The van der Waals surface area contributed by atoms with Crippen LogP contribution < -0.4 is 0 Å². The Bertz CT molecular complexity index is 195. The molecule has 0 radical (unpaired) electrons. The van der Waals surface area contributed by atoms with Crippen molar-refractivity contribution in [2.24, 2.45) is 0 Å². The van der Waals surface area contributed by atoms with E-state index in [0.717, 1.165) is 5.57 Å². The van der Waals surface area contributed by atoms with Gasteiger partial charge >= 0.3 is 7.94 Å². The zero-order chi connectivity index (χ0) is 12.2. The average Bonchev–Trinajstić information content (AvgIpc) is 2.02. The molecule has 0 saturated carbocycles. The second-order valence-electron chi connectivity index (χ2n) is 4.29. The van der Waals surface area contributed by atoms with Gasteiger partial charge in [-0.2, -0.15) is 4.52 Å². The van der Waals surface area contributed by atoms with Crippen molar-refractivity contribution in [2.45, 2.75) is 6.92 Å². The predicted octanol–water partition coefficient (Wildman–Crippen LogP) is 1.94. The molecule has 0 unspecified atom stereocenters. The molecule has 15 heavy (non-hydrogen) atoms. The molecule has 0 aliphatic rings. The van der Waals surface area contributed by atoms with Crippen LogP contribution in [0.15, 0.2) is 12.2 Å². The number of hydrogen-bond donors (Lipinski definition) is 0. The van der Waals surface area contributed by atoms with Gasteiger partial charge in [0.15, 0.2) is 0 Å². The summed E-state index contributed by atoms with van der Waals surface area (Å²) < 4.78 is 12.5. The quantitative estimate of drug-likeness (QED) is 0.516. The Kier molecular flexibility index (Phi) is 5.93. The van der Waals surface area contributed by atoms with Crippen molar-refractivity contribution in [3.63, 3.8) is 0 Å². The highest BCUT2D eigenvalue weighted by molar-refractivity contribution is 7.64. The maximum atomic E-state index is 6.06. The molecule has 0 aromatic rings. The standard InChI is InChI=1S/C10H25N3OP/c1-10(2)9-14-15(11(3)4,12(5)6)13(7)8/h1,9H2,2-8H3/q+1. The minimum atomic E-state index is -1.83. The van der Waals surface area contributed by atoms with Crippen molar-refractivity contribution in [1.82, 2.24) is 14.0 Å². The smallest absolute Gasteiger partial charge is 0.177 e. The largest absolute Gasteiger partial charge is 0.369 e. The van der Waals surface area contributed by atoms with Gasteiger partial charge in [0.05, 0.1) is 0 Å². The maximum absolute atomic E-state index is 6.06. The molecule has 0 spiro atoms. The van der Waals surface area contributed by atoms with Gasteiger partial charge < -0.3 is 0 Å². The van der Waals surface area contributed by atoms with Crippen molar-refractivity contribution in [3.05, 3.63) is 12.2 Å². The van der Waals surface area contributed by atoms with Gasteiger partial charge in [-0.25, -0.2) is 0 Å². The van der Waals surface area contributed by atoms with E-state index in [0.29, 0.717) is 6.61 Å². The first-order valence-corrected chi connectivity index (χ1v) is 6.53. The van der Waals surface area contributed by atoms with Gasteiger partial charge in [0, 0.05) is 42.3 Å². The zero-order valence-electron chi connectivity index (χ0n) is 11.1. The number of hydrogen-bond acceptors (Lipinski definition) is 4. The Balaban J connectivity index is 4.88. The molecule has 0 aromatic carbocycles. The summed E-state index contributed by atoms with van der Waals surface area (Å²) in [5, 5.41) is 0. The fourth-order valence-electron chi connectivity index (χ4n) is 1.62. The summed E-state index contributed by atoms with van der Waals surface area (Å²) in [6.45, 7) is 6.45. The normalized spacial score (nSPS) is 12.9. The van der Waals surface area contributed by atoms with E-state index in [4.69, 9.17) is 4.52 Å². The van der Waals surface area contributed by atoms with Crippen molar-refractivity contribution in [2.75, 3.05) is 48.9 Å². The SMILES string of the molecule is C=C(C)CO[P+](N(C)C)(N(C)C)N(C)C. The number of rotatable bonds is 6. The fourth-order valence-corrected chi connectivity index (χ4v) is 4.85.